The Morgan fingerprint density at radius 1 is 1.07 bits per heavy atom. The van der Waals surface area contributed by atoms with Gasteiger partial charge in [0.25, 0.3) is 0 Å². The average Bonchev–Trinajstić information content (AvgIpc) is 3.10. The van der Waals surface area contributed by atoms with Crippen molar-refractivity contribution in [3.05, 3.63) is 47.1 Å². The molecular weight excluding hydrogens is 354 g/mol. The molecule has 4 aromatic heterocycles. The second kappa shape index (κ2) is 6.74. The Morgan fingerprint density at radius 3 is 2.68 bits per heavy atom. The van der Waals surface area contributed by atoms with E-state index in [0.717, 1.165) is 59.0 Å². The van der Waals surface area contributed by atoms with Gasteiger partial charge in [-0.2, -0.15) is 0 Å². The third kappa shape index (κ3) is 2.74. The first kappa shape index (κ1) is 16.9. The van der Waals surface area contributed by atoms with Gasteiger partial charge >= 0.3 is 5.69 Å². The number of methoxy groups -OCH3 is 1. The fraction of sp³-hybridized carbons (Fsp3) is 0.333. The molecule has 28 heavy (non-hydrogen) atoms. The number of aromatic amines is 1. The number of imidazole rings is 1. The predicted molar refractivity (Wildman–Crippen MR) is 108 cm³/mol. The van der Waals surface area contributed by atoms with Crippen molar-refractivity contribution in [3.8, 4) is 17.1 Å². The van der Waals surface area contributed by atoms with Gasteiger partial charge in [0, 0.05) is 23.9 Å². The lowest BCUT2D eigenvalue weighted by atomic mass is 9.95. The molecule has 142 valence electrons. The first-order chi connectivity index (χ1) is 13.7. The summed E-state index contributed by atoms with van der Waals surface area (Å²) in [6.45, 7) is 0. The number of nitrogens with one attached hydrogen (secondary N) is 1. The zero-order chi connectivity index (χ0) is 19.1. The highest BCUT2D eigenvalue weighted by molar-refractivity contribution is 6.00. The van der Waals surface area contributed by atoms with Crippen molar-refractivity contribution >= 4 is 22.1 Å². The first-order valence-corrected chi connectivity index (χ1v) is 9.65. The van der Waals surface area contributed by atoms with Gasteiger partial charge in [-0.1, -0.05) is 19.3 Å². The van der Waals surface area contributed by atoms with Crippen LogP contribution in [0.15, 0.2) is 41.5 Å². The summed E-state index contributed by atoms with van der Waals surface area (Å²) in [6.07, 6.45) is 9.08. The quantitative estimate of drug-likeness (QED) is 0.588. The molecule has 0 atom stereocenters. The Labute approximate surface area is 161 Å². The van der Waals surface area contributed by atoms with Crippen molar-refractivity contribution < 1.29 is 4.74 Å². The topological polar surface area (TPSA) is 85.7 Å². The largest absolute Gasteiger partial charge is 0.481 e. The molecule has 1 fully saturated rings. The molecule has 1 aliphatic carbocycles. The first-order valence-electron chi connectivity index (χ1n) is 9.65. The third-order valence-corrected chi connectivity index (χ3v) is 5.57. The monoisotopic (exact) mass is 375 g/mol. The zero-order valence-electron chi connectivity index (χ0n) is 15.7. The Morgan fingerprint density at radius 2 is 1.93 bits per heavy atom. The van der Waals surface area contributed by atoms with Crippen molar-refractivity contribution in [3.63, 3.8) is 0 Å². The summed E-state index contributed by atoms with van der Waals surface area (Å²) in [5.41, 5.74) is 4.72. The molecule has 0 aliphatic heterocycles. The Kier molecular flexibility index (Phi) is 4.07. The van der Waals surface area contributed by atoms with Gasteiger partial charge in [-0.25, -0.2) is 14.8 Å². The molecule has 7 nitrogen and oxygen atoms in total. The number of pyridine rings is 3. The summed E-state index contributed by atoms with van der Waals surface area (Å²) in [4.78, 5) is 29.3. The Balaban J connectivity index is 1.72. The van der Waals surface area contributed by atoms with Crippen molar-refractivity contribution in [2.45, 2.75) is 38.1 Å². The van der Waals surface area contributed by atoms with E-state index in [1.807, 2.05) is 28.8 Å². The highest BCUT2D eigenvalue weighted by Gasteiger charge is 2.22. The predicted octanol–water partition coefficient (Wildman–Crippen LogP) is 3.85. The van der Waals surface area contributed by atoms with E-state index in [4.69, 9.17) is 9.72 Å². The van der Waals surface area contributed by atoms with E-state index in [2.05, 4.69) is 15.0 Å². The summed E-state index contributed by atoms with van der Waals surface area (Å²) >= 11 is 0. The minimum Gasteiger partial charge on any atom is -0.481 e. The number of H-pyrrole nitrogens is 1. The fourth-order valence-corrected chi connectivity index (χ4v) is 4.17. The normalized spacial score (nSPS) is 15.3. The molecule has 4 aromatic rings. The standard InChI is InChI=1S/C21H21N5O2/c1-28-18-10-7-13(11-23-18)15-8-9-16-19(24-15)20-17(12-22-16)25-21(27)26(20)14-5-3-2-4-6-14/h7-12,14H,2-6H2,1H3,(H,25,27). The summed E-state index contributed by atoms with van der Waals surface area (Å²) in [6, 6.07) is 7.84. The molecule has 0 amide bonds. The van der Waals surface area contributed by atoms with Gasteiger partial charge in [0.2, 0.25) is 5.88 Å². The fourth-order valence-electron chi connectivity index (χ4n) is 4.17. The minimum atomic E-state index is -0.0745. The second-order valence-electron chi connectivity index (χ2n) is 7.27. The van der Waals surface area contributed by atoms with E-state index < -0.39 is 0 Å². The lowest BCUT2D eigenvalue weighted by Crippen LogP contribution is -2.24. The van der Waals surface area contributed by atoms with Crippen LogP contribution in [0.25, 0.3) is 33.3 Å². The Hall–Kier alpha value is -3.22. The van der Waals surface area contributed by atoms with Gasteiger partial charge in [0.15, 0.2) is 0 Å². The molecule has 0 aromatic carbocycles. The van der Waals surface area contributed by atoms with Gasteiger partial charge in [-0.3, -0.25) is 9.55 Å². The molecule has 7 heteroatoms. The van der Waals surface area contributed by atoms with Crippen molar-refractivity contribution in [1.29, 1.82) is 0 Å². The van der Waals surface area contributed by atoms with E-state index in [-0.39, 0.29) is 11.7 Å². The zero-order valence-corrected chi connectivity index (χ0v) is 15.7. The SMILES string of the molecule is COc1ccc(-c2ccc3ncc4[nH]c(=O)n(C5CCCCC5)c4c3n2)cn1. The van der Waals surface area contributed by atoms with Crippen LogP contribution >= 0.6 is 0 Å². The molecule has 1 aliphatic rings. The van der Waals surface area contributed by atoms with Crippen LogP contribution in [-0.2, 0) is 0 Å². The number of hydrogen-bond donors (Lipinski definition) is 1. The molecule has 0 radical (unpaired) electrons. The van der Waals surface area contributed by atoms with Crippen LogP contribution in [0, 0.1) is 0 Å². The molecule has 4 heterocycles. The van der Waals surface area contributed by atoms with Gasteiger partial charge < -0.3 is 9.72 Å². The molecule has 0 bridgehead atoms. The number of ether oxygens (including phenoxy) is 1. The second-order valence-corrected chi connectivity index (χ2v) is 7.27. The van der Waals surface area contributed by atoms with E-state index >= 15 is 0 Å². The van der Waals surface area contributed by atoms with Crippen LogP contribution in [0.1, 0.15) is 38.1 Å². The highest BCUT2D eigenvalue weighted by atomic mass is 16.5. The molecule has 5 rings (SSSR count). The third-order valence-electron chi connectivity index (χ3n) is 5.57. The summed E-state index contributed by atoms with van der Waals surface area (Å²) in [5.74, 6) is 0.561. The number of rotatable bonds is 3. The van der Waals surface area contributed by atoms with Gasteiger partial charge in [0.1, 0.15) is 5.52 Å². The Bertz CT molecular complexity index is 1200. The van der Waals surface area contributed by atoms with Crippen LogP contribution in [0.5, 0.6) is 5.88 Å². The molecule has 0 spiro atoms. The van der Waals surface area contributed by atoms with Gasteiger partial charge in [-0.15, -0.1) is 0 Å². The van der Waals surface area contributed by atoms with E-state index in [1.54, 1.807) is 19.5 Å². The number of aromatic nitrogens is 5. The highest BCUT2D eigenvalue weighted by Crippen LogP contribution is 2.32. The van der Waals surface area contributed by atoms with Crippen LogP contribution in [0.2, 0.25) is 0 Å². The average molecular weight is 375 g/mol. The lowest BCUT2D eigenvalue weighted by Gasteiger charge is -2.23. The van der Waals surface area contributed by atoms with Crippen LogP contribution in [0.3, 0.4) is 0 Å². The van der Waals surface area contributed by atoms with Gasteiger partial charge in [0.05, 0.1) is 35.6 Å². The van der Waals surface area contributed by atoms with Crippen LogP contribution in [0.4, 0.5) is 0 Å². The summed E-state index contributed by atoms with van der Waals surface area (Å²) < 4.78 is 7.04. The number of fused-ring (bicyclic) bond motifs is 3. The van der Waals surface area contributed by atoms with E-state index in [0.29, 0.717) is 5.88 Å². The van der Waals surface area contributed by atoms with Crippen LogP contribution in [-0.4, -0.2) is 31.6 Å². The lowest BCUT2D eigenvalue weighted by molar-refractivity contribution is 0.354. The molecule has 0 unspecified atom stereocenters. The maximum atomic E-state index is 12.7. The molecular formula is C21H21N5O2. The van der Waals surface area contributed by atoms with Crippen molar-refractivity contribution in [2.24, 2.45) is 0 Å². The smallest absolute Gasteiger partial charge is 0.326 e. The van der Waals surface area contributed by atoms with Crippen LogP contribution < -0.4 is 10.4 Å². The maximum absolute atomic E-state index is 12.7. The number of hydrogen-bond acceptors (Lipinski definition) is 5. The minimum absolute atomic E-state index is 0.0745. The van der Waals surface area contributed by atoms with Crippen molar-refractivity contribution in [2.75, 3.05) is 7.11 Å². The van der Waals surface area contributed by atoms with Crippen molar-refractivity contribution in [1.82, 2.24) is 24.5 Å². The summed E-state index contributed by atoms with van der Waals surface area (Å²) in [7, 11) is 1.59. The summed E-state index contributed by atoms with van der Waals surface area (Å²) in [5, 5.41) is 0. The molecule has 1 saturated carbocycles. The maximum Gasteiger partial charge on any atom is 0.326 e. The van der Waals surface area contributed by atoms with E-state index in [9.17, 15) is 4.79 Å². The molecule has 0 saturated heterocycles. The number of nitrogens with zero attached hydrogens (tertiary/aromatic N) is 4. The van der Waals surface area contributed by atoms with E-state index in [1.165, 1.54) is 6.42 Å². The van der Waals surface area contributed by atoms with Gasteiger partial charge in [-0.05, 0) is 31.0 Å². The molecule has 1 N–H and O–H groups in total.